The molecule has 1 aromatic rings. The highest BCUT2D eigenvalue weighted by molar-refractivity contribution is 5.90. The molecule has 1 aliphatic heterocycles. The second-order valence-electron chi connectivity index (χ2n) is 4.99. The summed E-state index contributed by atoms with van der Waals surface area (Å²) in [6.45, 7) is 2.15. The topological polar surface area (TPSA) is 71.2 Å². The van der Waals surface area contributed by atoms with Gasteiger partial charge < -0.3 is 16.0 Å². The van der Waals surface area contributed by atoms with Gasteiger partial charge in [-0.3, -0.25) is 4.79 Å². The number of pyridine rings is 1. The lowest BCUT2D eigenvalue weighted by Gasteiger charge is -2.29. The van der Waals surface area contributed by atoms with Gasteiger partial charge in [-0.05, 0) is 44.5 Å². The number of nitrogen functional groups attached to an aromatic ring is 1. The minimum Gasteiger partial charge on any atom is -0.384 e. The molecule has 1 unspecified atom stereocenters. The maximum Gasteiger partial charge on any atom is 0.224 e. The molecule has 0 radical (unpaired) electrons. The molecule has 1 fully saturated rings. The Labute approximate surface area is 107 Å². The van der Waals surface area contributed by atoms with Gasteiger partial charge in [0, 0.05) is 13.0 Å². The van der Waals surface area contributed by atoms with Crippen LogP contribution in [0.2, 0.25) is 0 Å². The number of amides is 1. The monoisotopic (exact) mass is 248 g/mol. The van der Waals surface area contributed by atoms with E-state index in [1.807, 2.05) is 0 Å². The van der Waals surface area contributed by atoms with Crippen molar-refractivity contribution in [3.63, 3.8) is 0 Å². The van der Waals surface area contributed by atoms with E-state index in [-0.39, 0.29) is 5.91 Å². The van der Waals surface area contributed by atoms with Crippen LogP contribution in [0.4, 0.5) is 11.5 Å². The standard InChI is InChI=1S/C13H20N4O/c1-17-6-2-3-10(9-17)7-13(18)16-11-4-5-12(14)15-8-11/h4-5,8,10H,2-3,6-7,9H2,1H3,(H2,14,15)(H,16,18). The van der Waals surface area contributed by atoms with Gasteiger partial charge in [-0.25, -0.2) is 4.98 Å². The van der Waals surface area contributed by atoms with E-state index in [0.29, 0.717) is 23.8 Å². The van der Waals surface area contributed by atoms with Crippen molar-refractivity contribution >= 4 is 17.4 Å². The molecule has 0 aliphatic carbocycles. The van der Waals surface area contributed by atoms with E-state index in [0.717, 1.165) is 19.5 Å². The number of nitrogens with zero attached hydrogens (tertiary/aromatic N) is 2. The van der Waals surface area contributed by atoms with Gasteiger partial charge in [0.1, 0.15) is 5.82 Å². The molecule has 1 aliphatic rings. The second kappa shape index (κ2) is 5.82. The maximum absolute atomic E-state index is 11.9. The molecular formula is C13H20N4O. The van der Waals surface area contributed by atoms with Gasteiger partial charge in [-0.1, -0.05) is 0 Å². The highest BCUT2D eigenvalue weighted by atomic mass is 16.1. The van der Waals surface area contributed by atoms with Crippen LogP contribution in [0.5, 0.6) is 0 Å². The Bertz CT molecular complexity index is 404. The quantitative estimate of drug-likeness (QED) is 0.846. The third-order valence-corrected chi connectivity index (χ3v) is 3.27. The first-order valence-corrected chi connectivity index (χ1v) is 6.33. The number of anilines is 2. The Kier molecular flexibility index (Phi) is 4.15. The molecule has 5 nitrogen and oxygen atoms in total. The highest BCUT2D eigenvalue weighted by Gasteiger charge is 2.19. The van der Waals surface area contributed by atoms with Crippen LogP contribution in [-0.4, -0.2) is 35.9 Å². The van der Waals surface area contributed by atoms with Crippen molar-refractivity contribution in [2.45, 2.75) is 19.3 Å². The van der Waals surface area contributed by atoms with E-state index in [9.17, 15) is 4.79 Å². The molecule has 0 aromatic carbocycles. The number of likely N-dealkylation sites (tertiary alicyclic amines) is 1. The molecular weight excluding hydrogens is 228 g/mol. The van der Waals surface area contributed by atoms with Crippen molar-refractivity contribution in [3.05, 3.63) is 18.3 Å². The first-order valence-electron chi connectivity index (χ1n) is 6.33. The van der Waals surface area contributed by atoms with Crippen LogP contribution in [0.1, 0.15) is 19.3 Å². The van der Waals surface area contributed by atoms with Crippen molar-refractivity contribution in [1.82, 2.24) is 9.88 Å². The number of carbonyl (C=O) groups is 1. The first-order chi connectivity index (χ1) is 8.63. The van der Waals surface area contributed by atoms with Gasteiger partial charge >= 0.3 is 0 Å². The predicted molar refractivity (Wildman–Crippen MR) is 72.1 cm³/mol. The van der Waals surface area contributed by atoms with Crippen LogP contribution in [0.3, 0.4) is 0 Å². The Balaban J connectivity index is 1.83. The molecule has 0 saturated carbocycles. The summed E-state index contributed by atoms with van der Waals surface area (Å²) in [5, 5.41) is 2.86. The zero-order chi connectivity index (χ0) is 13.0. The normalized spacial score (nSPS) is 20.6. The average molecular weight is 248 g/mol. The molecule has 98 valence electrons. The molecule has 0 bridgehead atoms. The molecule has 1 atom stereocenters. The largest absolute Gasteiger partial charge is 0.384 e. The van der Waals surface area contributed by atoms with Gasteiger partial charge in [0.2, 0.25) is 5.91 Å². The lowest BCUT2D eigenvalue weighted by molar-refractivity contribution is -0.117. The number of rotatable bonds is 3. The summed E-state index contributed by atoms with van der Waals surface area (Å²) in [6.07, 6.45) is 4.48. The number of piperidine rings is 1. The Morgan fingerprint density at radius 3 is 3.11 bits per heavy atom. The predicted octanol–water partition coefficient (Wildman–Crippen LogP) is 1.33. The lowest BCUT2D eigenvalue weighted by atomic mass is 9.95. The third kappa shape index (κ3) is 3.70. The van der Waals surface area contributed by atoms with Crippen LogP contribution >= 0.6 is 0 Å². The Morgan fingerprint density at radius 1 is 1.61 bits per heavy atom. The minimum absolute atomic E-state index is 0.0573. The lowest BCUT2D eigenvalue weighted by Crippen LogP contribution is -2.34. The molecule has 5 heteroatoms. The summed E-state index contributed by atoms with van der Waals surface area (Å²) >= 11 is 0. The van der Waals surface area contributed by atoms with Gasteiger partial charge in [0.25, 0.3) is 0 Å². The van der Waals surface area contributed by atoms with Crippen molar-refractivity contribution in [2.24, 2.45) is 5.92 Å². The third-order valence-electron chi connectivity index (χ3n) is 3.27. The van der Waals surface area contributed by atoms with E-state index in [4.69, 9.17) is 5.73 Å². The smallest absolute Gasteiger partial charge is 0.224 e. The SMILES string of the molecule is CN1CCCC(CC(=O)Nc2ccc(N)nc2)C1. The molecule has 18 heavy (non-hydrogen) atoms. The van der Waals surface area contributed by atoms with Crippen molar-refractivity contribution in [1.29, 1.82) is 0 Å². The number of hydrogen-bond donors (Lipinski definition) is 2. The minimum atomic E-state index is 0.0573. The number of carbonyl (C=O) groups excluding carboxylic acids is 1. The Morgan fingerprint density at radius 2 is 2.44 bits per heavy atom. The fourth-order valence-electron chi connectivity index (χ4n) is 2.39. The van der Waals surface area contributed by atoms with Crippen LogP contribution in [0.15, 0.2) is 18.3 Å². The van der Waals surface area contributed by atoms with E-state index < -0.39 is 0 Å². The van der Waals surface area contributed by atoms with Crippen LogP contribution in [0, 0.1) is 5.92 Å². The van der Waals surface area contributed by atoms with Gasteiger partial charge in [-0.2, -0.15) is 0 Å². The summed E-state index contributed by atoms with van der Waals surface area (Å²) in [4.78, 5) is 18.1. The van der Waals surface area contributed by atoms with E-state index in [1.54, 1.807) is 18.3 Å². The summed E-state index contributed by atoms with van der Waals surface area (Å²) in [7, 11) is 2.11. The first kappa shape index (κ1) is 12.8. The molecule has 1 aromatic heterocycles. The number of hydrogen-bond acceptors (Lipinski definition) is 4. The van der Waals surface area contributed by atoms with Gasteiger partial charge in [0.05, 0.1) is 11.9 Å². The summed E-state index contributed by atoms with van der Waals surface area (Å²) in [5.74, 6) is 0.981. The molecule has 3 N–H and O–H groups in total. The van der Waals surface area contributed by atoms with E-state index in [1.165, 1.54) is 6.42 Å². The van der Waals surface area contributed by atoms with Crippen LogP contribution < -0.4 is 11.1 Å². The fourth-order valence-corrected chi connectivity index (χ4v) is 2.39. The molecule has 0 spiro atoms. The van der Waals surface area contributed by atoms with Crippen LogP contribution in [0.25, 0.3) is 0 Å². The summed E-state index contributed by atoms with van der Waals surface area (Å²) in [6, 6.07) is 3.46. The zero-order valence-corrected chi connectivity index (χ0v) is 10.7. The molecule has 2 rings (SSSR count). The van der Waals surface area contributed by atoms with Crippen molar-refractivity contribution in [2.75, 3.05) is 31.2 Å². The van der Waals surface area contributed by atoms with Gasteiger partial charge in [-0.15, -0.1) is 0 Å². The van der Waals surface area contributed by atoms with Crippen LogP contribution in [-0.2, 0) is 4.79 Å². The van der Waals surface area contributed by atoms with E-state index >= 15 is 0 Å². The number of nitrogens with one attached hydrogen (secondary N) is 1. The number of nitrogens with two attached hydrogens (primary N) is 1. The van der Waals surface area contributed by atoms with Crippen molar-refractivity contribution < 1.29 is 4.79 Å². The van der Waals surface area contributed by atoms with Gasteiger partial charge in [0.15, 0.2) is 0 Å². The highest BCUT2D eigenvalue weighted by Crippen LogP contribution is 2.19. The molecule has 1 amide bonds. The second-order valence-corrected chi connectivity index (χ2v) is 4.99. The molecule has 1 saturated heterocycles. The van der Waals surface area contributed by atoms with E-state index in [2.05, 4.69) is 22.2 Å². The molecule has 2 heterocycles. The maximum atomic E-state index is 11.9. The summed E-state index contributed by atoms with van der Waals surface area (Å²) in [5.41, 5.74) is 6.20. The summed E-state index contributed by atoms with van der Waals surface area (Å²) < 4.78 is 0. The zero-order valence-electron chi connectivity index (χ0n) is 10.7. The number of aromatic nitrogens is 1. The van der Waals surface area contributed by atoms with Crippen molar-refractivity contribution in [3.8, 4) is 0 Å². The average Bonchev–Trinajstić information content (AvgIpc) is 2.32. The Hall–Kier alpha value is -1.62. The fraction of sp³-hybridized carbons (Fsp3) is 0.538.